The highest BCUT2D eigenvalue weighted by Gasteiger charge is 2.49. The Hall–Kier alpha value is -1.72. The molecule has 0 bridgehead atoms. The smallest absolute Gasteiger partial charge is 0.310 e. The number of rotatable bonds is 4. The second kappa shape index (κ2) is 3.45. The molecule has 1 N–H and O–H groups in total. The number of carboxylic acid groups (broad SMARTS) is 1. The molecular weight excluding hydrogens is 198 g/mol. The van der Waals surface area contributed by atoms with Gasteiger partial charge in [-0.2, -0.15) is 5.10 Å². The van der Waals surface area contributed by atoms with E-state index in [0.717, 1.165) is 0 Å². The normalized spacial score (nSPS) is 18.5. The van der Waals surface area contributed by atoms with Crippen LogP contribution in [0.4, 0.5) is 0 Å². The molecule has 0 saturated heterocycles. The summed E-state index contributed by atoms with van der Waals surface area (Å²) in [6.45, 7) is 0.486. The maximum absolute atomic E-state index is 11.0. The van der Waals surface area contributed by atoms with Gasteiger partial charge >= 0.3 is 5.97 Å². The van der Waals surface area contributed by atoms with Crippen LogP contribution in [0.1, 0.15) is 19.3 Å². The van der Waals surface area contributed by atoms with E-state index in [9.17, 15) is 9.59 Å². The summed E-state index contributed by atoms with van der Waals surface area (Å²) < 4.78 is 1.58. The van der Waals surface area contributed by atoms with Crippen molar-refractivity contribution in [1.82, 2.24) is 14.8 Å². The number of aromatic nitrogens is 3. The van der Waals surface area contributed by atoms with E-state index in [-0.39, 0.29) is 18.6 Å². The van der Waals surface area contributed by atoms with Crippen molar-refractivity contribution in [2.75, 3.05) is 0 Å². The molecule has 0 radical (unpaired) electrons. The predicted molar refractivity (Wildman–Crippen MR) is 48.9 cm³/mol. The summed E-state index contributed by atoms with van der Waals surface area (Å²) in [5.74, 6) is -0.863. The highest BCUT2D eigenvalue weighted by atomic mass is 16.4. The van der Waals surface area contributed by atoms with Gasteiger partial charge in [0.25, 0.3) is 0 Å². The van der Waals surface area contributed by atoms with Crippen LogP contribution in [-0.2, 0) is 16.1 Å². The minimum atomic E-state index is -0.887. The highest BCUT2D eigenvalue weighted by molar-refractivity contribution is 5.96. The molecule has 1 fully saturated rings. The SMILES string of the molecule is O=C1CC(CCn2cncn2)(C(=O)O)C1. The maximum Gasteiger partial charge on any atom is 0.310 e. The van der Waals surface area contributed by atoms with Crippen LogP contribution in [-0.4, -0.2) is 31.6 Å². The van der Waals surface area contributed by atoms with Crippen molar-refractivity contribution in [1.29, 1.82) is 0 Å². The lowest BCUT2D eigenvalue weighted by Crippen LogP contribution is -2.45. The molecule has 1 saturated carbocycles. The minimum absolute atomic E-state index is 0.0241. The Morgan fingerprint density at radius 3 is 2.80 bits per heavy atom. The van der Waals surface area contributed by atoms with E-state index < -0.39 is 11.4 Å². The van der Waals surface area contributed by atoms with E-state index >= 15 is 0 Å². The van der Waals surface area contributed by atoms with Gasteiger partial charge in [0.05, 0.1) is 5.41 Å². The van der Waals surface area contributed by atoms with Gasteiger partial charge in [0, 0.05) is 19.4 Å². The number of aliphatic carboxylic acids is 1. The molecule has 1 heterocycles. The molecule has 1 aromatic heterocycles. The maximum atomic E-state index is 11.0. The summed E-state index contributed by atoms with van der Waals surface area (Å²) in [6, 6.07) is 0. The number of carbonyl (C=O) groups excluding carboxylic acids is 1. The van der Waals surface area contributed by atoms with Gasteiger partial charge < -0.3 is 5.11 Å². The Morgan fingerprint density at radius 2 is 2.33 bits per heavy atom. The van der Waals surface area contributed by atoms with E-state index in [1.54, 1.807) is 4.68 Å². The summed E-state index contributed by atoms with van der Waals surface area (Å²) in [6.07, 6.45) is 3.67. The number of ketones is 1. The van der Waals surface area contributed by atoms with Gasteiger partial charge in [0.1, 0.15) is 18.4 Å². The molecule has 0 atom stereocenters. The Labute approximate surface area is 85.9 Å². The van der Waals surface area contributed by atoms with Crippen LogP contribution >= 0.6 is 0 Å². The van der Waals surface area contributed by atoms with E-state index in [0.29, 0.717) is 13.0 Å². The lowest BCUT2D eigenvalue weighted by molar-refractivity contribution is -0.161. The number of hydrogen-bond donors (Lipinski definition) is 1. The number of carboxylic acids is 1. The van der Waals surface area contributed by atoms with Gasteiger partial charge in [-0.25, -0.2) is 4.98 Å². The molecule has 1 aliphatic carbocycles. The number of nitrogens with zero attached hydrogens (tertiary/aromatic N) is 3. The minimum Gasteiger partial charge on any atom is -0.481 e. The Morgan fingerprint density at radius 1 is 1.60 bits per heavy atom. The Balaban J connectivity index is 1.97. The van der Waals surface area contributed by atoms with Crippen molar-refractivity contribution >= 4 is 11.8 Å². The van der Waals surface area contributed by atoms with Crippen molar-refractivity contribution in [3.8, 4) is 0 Å². The summed E-state index contributed by atoms with van der Waals surface area (Å²) >= 11 is 0. The quantitative estimate of drug-likeness (QED) is 0.760. The average molecular weight is 209 g/mol. The van der Waals surface area contributed by atoms with Crippen molar-refractivity contribution in [2.45, 2.75) is 25.8 Å². The molecule has 15 heavy (non-hydrogen) atoms. The summed E-state index contributed by atoms with van der Waals surface area (Å²) in [7, 11) is 0. The van der Waals surface area contributed by atoms with Crippen LogP contribution in [0.3, 0.4) is 0 Å². The topological polar surface area (TPSA) is 85.1 Å². The largest absolute Gasteiger partial charge is 0.481 e. The second-order valence-corrected chi connectivity index (χ2v) is 3.89. The summed E-state index contributed by atoms with van der Waals surface area (Å²) in [5.41, 5.74) is -0.858. The Bertz CT molecular complexity index is 377. The number of carbonyl (C=O) groups is 2. The fourth-order valence-electron chi connectivity index (χ4n) is 1.81. The van der Waals surface area contributed by atoms with Gasteiger partial charge in [-0.1, -0.05) is 0 Å². The van der Waals surface area contributed by atoms with Gasteiger partial charge in [0.15, 0.2) is 0 Å². The van der Waals surface area contributed by atoms with Crippen LogP contribution in [0, 0.1) is 5.41 Å². The predicted octanol–water partition coefficient (Wildman–Crippen LogP) is 0.102. The van der Waals surface area contributed by atoms with Crippen LogP contribution in [0.15, 0.2) is 12.7 Å². The van der Waals surface area contributed by atoms with Gasteiger partial charge in [-0.15, -0.1) is 0 Å². The molecule has 0 unspecified atom stereocenters. The molecule has 1 aliphatic rings. The average Bonchev–Trinajstić information content (AvgIpc) is 2.62. The van der Waals surface area contributed by atoms with E-state index in [1.165, 1.54) is 12.7 Å². The first-order chi connectivity index (χ1) is 7.12. The van der Waals surface area contributed by atoms with Crippen LogP contribution in [0.25, 0.3) is 0 Å². The van der Waals surface area contributed by atoms with Crippen molar-refractivity contribution in [3.05, 3.63) is 12.7 Å². The highest BCUT2D eigenvalue weighted by Crippen LogP contribution is 2.41. The molecule has 6 heteroatoms. The second-order valence-electron chi connectivity index (χ2n) is 3.89. The first-order valence-electron chi connectivity index (χ1n) is 4.70. The van der Waals surface area contributed by atoms with Gasteiger partial charge in [-0.3, -0.25) is 14.3 Å². The van der Waals surface area contributed by atoms with Crippen LogP contribution in [0.2, 0.25) is 0 Å². The first kappa shape index (κ1) is 9.82. The number of Topliss-reactive ketones (excluding diaryl/α,β-unsaturated/α-hetero) is 1. The third-order valence-electron chi connectivity index (χ3n) is 2.81. The number of aryl methyl sites for hydroxylation is 1. The molecule has 0 aliphatic heterocycles. The van der Waals surface area contributed by atoms with Crippen molar-refractivity contribution < 1.29 is 14.7 Å². The zero-order valence-electron chi connectivity index (χ0n) is 8.09. The molecular formula is C9H11N3O3. The monoisotopic (exact) mass is 209 g/mol. The van der Waals surface area contributed by atoms with Crippen LogP contribution < -0.4 is 0 Å². The molecule has 2 rings (SSSR count). The third kappa shape index (κ3) is 1.74. The lowest BCUT2D eigenvalue weighted by atomic mass is 9.66. The molecule has 0 aromatic carbocycles. The summed E-state index contributed by atoms with van der Waals surface area (Å²) in [5, 5.41) is 12.9. The molecule has 0 amide bonds. The van der Waals surface area contributed by atoms with Crippen LogP contribution in [0.5, 0.6) is 0 Å². The van der Waals surface area contributed by atoms with Crippen molar-refractivity contribution in [2.24, 2.45) is 5.41 Å². The van der Waals surface area contributed by atoms with Gasteiger partial charge in [0.2, 0.25) is 0 Å². The first-order valence-corrected chi connectivity index (χ1v) is 4.70. The fourth-order valence-corrected chi connectivity index (χ4v) is 1.81. The number of hydrogen-bond acceptors (Lipinski definition) is 4. The zero-order chi connectivity index (χ0) is 10.9. The third-order valence-corrected chi connectivity index (χ3v) is 2.81. The standard InChI is InChI=1S/C9H11N3O3/c13-7-3-9(4-7,8(14)15)1-2-12-6-10-5-11-12/h5-6H,1-4H2,(H,14,15). The molecule has 6 nitrogen and oxygen atoms in total. The Kier molecular flexibility index (Phi) is 2.26. The lowest BCUT2D eigenvalue weighted by Gasteiger charge is -2.35. The summed E-state index contributed by atoms with van der Waals surface area (Å²) in [4.78, 5) is 25.7. The zero-order valence-corrected chi connectivity index (χ0v) is 8.09. The van der Waals surface area contributed by atoms with E-state index in [2.05, 4.69) is 10.1 Å². The van der Waals surface area contributed by atoms with E-state index in [1.807, 2.05) is 0 Å². The fraction of sp³-hybridized carbons (Fsp3) is 0.556. The van der Waals surface area contributed by atoms with Gasteiger partial charge in [-0.05, 0) is 6.42 Å². The molecule has 0 spiro atoms. The van der Waals surface area contributed by atoms with E-state index in [4.69, 9.17) is 5.11 Å². The molecule has 80 valence electrons. The molecule has 1 aromatic rings. The van der Waals surface area contributed by atoms with Crippen molar-refractivity contribution in [3.63, 3.8) is 0 Å².